The Kier molecular flexibility index (Phi) is 4.68. The zero-order chi connectivity index (χ0) is 13.0. The second kappa shape index (κ2) is 6.26. The molecule has 0 radical (unpaired) electrons. The molecule has 2 rings (SSSR count). The molecule has 0 heterocycles. The van der Waals surface area contributed by atoms with Gasteiger partial charge in [0.05, 0.1) is 0 Å². The minimum atomic E-state index is 0.459. The molecule has 1 aromatic rings. The summed E-state index contributed by atoms with van der Waals surface area (Å²) in [5, 5.41) is 9.80. The van der Waals surface area contributed by atoms with E-state index in [4.69, 9.17) is 0 Å². The summed E-state index contributed by atoms with van der Waals surface area (Å²) in [6, 6.07) is 5.98. The Morgan fingerprint density at radius 1 is 1.17 bits per heavy atom. The van der Waals surface area contributed by atoms with E-state index in [1.54, 1.807) is 6.07 Å². The van der Waals surface area contributed by atoms with Gasteiger partial charge in [-0.2, -0.15) is 0 Å². The number of rotatable bonds is 4. The molecule has 100 valence electrons. The van der Waals surface area contributed by atoms with E-state index < -0.39 is 0 Å². The highest BCUT2D eigenvalue weighted by atomic mass is 16.3. The van der Waals surface area contributed by atoms with Crippen LogP contribution < -0.4 is 0 Å². The minimum absolute atomic E-state index is 0.459. The third-order valence-electron chi connectivity index (χ3n) is 4.60. The molecule has 1 aliphatic rings. The molecular formula is C17H26O. The maximum atomic E-state index is 9.80. The number of phenols is 1. The predicted molar refractivity (Wildman–Crippen MR) is 77.1 cm³/mol. The van der Waals surface area contributed by atoms with E-state index in [0.29, 0.717) is 11.7 Å². The van der Waals surface area contributed by atoms with E-state index in [2.05, 4.69) is 13.0 Å². The van der Waals surface area contributed by atoms with Gasteiger partial charge in [-0.05, 0) is 61.6 Å². The number of hydrogen-bond donors (Lipinski definition) is 1. The van der Waals surface area contributed by atoms with Gasteiger partial charge in [-0.3, -0.25) is 0 Å². The number of benzene rings is 1. The van der Waals surface area contributed by atoms with Crippen LogP contribution in [0.5, 0.6) is 5.75 Å². The van der Waals surface area contributed by atoms with E-state index >= 15 is 0 Å². The standard InChI is InChI=1S/C17H26O/c1-3-4-6-14-9-11-15(12-10-14)16-7-5-8-17(18)13(16)2/h5,7-8,14-15,18H,3-4,6,9-12H2,1-2H3. The summed E-state index contributed by atoms with van der Waals surface area (Å²) < 4.78 is 0. The van der Waals surface area contributed by atoms with Crippen molar-refractivity contribution in [3.8, 4) is 5.75 Å². The lowest BCUT2D eigenvalue weighted by Gasteiger charge is -2.29. The Morgan fingerprint density at radius 2 is 1.89 bits per heavy atom. The van der Waals surface area contributed by atoms with Crippen LogP contribution in [-0.2, 0) is 0 Å². The molecule has 1 N–H and O–H groups in total. The van der Waals surface area contributed by atoms with Gasteiger partial charge in [-0.25, -0.2) is 0 Å². The summed E-state index contributed by atoms with van der Waals surface area (Å²) in [7, 11) is 0. The topological polar surface area (TPSA) is 20.2 Å². The molecule has 0 aliphatic heterocycles. The van der Waals surface area contributed by atoms with Crippen LogP contribution in [0.15, 0.2) is 18.2 Å². The molecular weight excluding hydrogens is 220 g/mol. The maximum absolute atomic E-state index is 9.80. The van der Waals surface area contributed by atoms with Crippen molar-refractivity contribution >= 4 is 0 Å². The van der Waals surface area contributed by atoms with E-state index in [9.17, 15) is 5.11 Å². The minimum Gasteiger partial charge on any atom is -0.508 e. The zero-order valence-electron chi connectivity index (χ0n) is 11.8. The summed E-state index contributed by atoms with van der Waals surface area (Å²) in [6.07, 6.45) is 9.49. The van der Waals surface area contributed by atoms with Crippen LogP contribution in [0.2, 0.25) is 0 Å². The van der Waals surface area contributed by atoms with Crippen molar-refractivity contribution in [2.24, 2.45) is 5.92 Å². The Bertz CT molecular complexity index is 375. The van der Waals surface area contributed by atoms with Gasteiger partial charge in [0.15, 0.2) is 0 Å². The first kappa shape index (κ1) is 13.5. The van der Waals surface area contributed by atoms with Gasteiger partial charge in [-0.1, -0.05) is 38.3 Å². The normalized spacial score (nSPS) is 24.1. The second-order valence-electron chi connectivity index (χ2n) is 5.85. The Morgan fingerprint density at radius 3 is 2.56 bits per heavy atom. The van der Waals surface area contributed by atoms with Crippen LogP contribution in [-0.4, -0.2) is 5.11 Å². The summed E-state index contributed by atoms with van der Waals surface area (Å²) in [4.78, 5) is 0. The molecule has 0 aromatic heterocycles. The number of phenolic OH excluding ortho intramolecular Hbond substituents is 1. The van der Waals surface area contributed by atoms with Crippen molar-refractivity contribution in [1.82, 2.24) is 0 Å². The molecule has 1 aromatic carbocycles. The smallest absolute Gasteiger partial charge is 0.118 e. The van der Waals surface area contributed by atoms with E-state index in [0.717, 1.165) is 11.5 Å². The highest BCUT2D eigenvalue weighted by molar-refractivity contribution is 5.40. The van der Waals surface area contributed by atoms with Crippen LogP contribution in [0.25, 0.3) is 0 Å². The van der Waals surface area contributed by atoms with Gasteiger partial charge < -0.3 is 5.11 Å². The molecule has 0 unspecified atom stereocenters. The van der Waals surface area contributed by atoms with Gasteiger partial charge in [0.1, 0.15) is 5.75 Å². The second-order valence-corrected chi connectivity index (χ2v) is 5.85. The summed E-state index contributed by atoms with van der Waals surface area (Å²) in [5.74, 6) is 2.09. The maximum Gasteiger partial charge on any atom is 0.118 e. The van der Waals surface area contributed by atoms with Crippen LogP contribution >= 0.6 is 0 Å². The number of unbranched alkanes of at least 4 members (excludes halogenated alkanes) is 1. The molecule has 0 amide bonds. The Balaban J connectivity index is 1.95. The average Bonchev–Trinajstić information content (AvgIpc) is 2.40. The average molecular weight is 246 g/mol. The monoisotopic (exact) mass is 246 g/mol. The number of hydrogen-bond acceptors (Lipinski definition) is 1. The summed E-state index contributed by atoms with van der Waals surface area (Å²) in [5.41, 5.74) is 2.47. The van der Waals surface area contributed by atoms with Crippen molar-refractivity contribution in [3.05, 3.63) is 29.3 Å². The summed E-state index contributed by atoms with van der Waals surface area (Å²) >= 11 is 0. The van der Waals surface area contributed by atoms with Gasteiger partial charge in [0, 0.05) is 0 Å². The molecule has 1 fully saturated rings. The zero-order valence-corrected chi connectivity index (χ0v) is 11.8. The summed E-state index contributed by atoms with van der Waals surface area (Å²) in [6.45, 7) is 4.33. The first-order chi connectivity index (χ1) is 8.72. The molecule has 0 atom stereocenters. The van der Waals surface area contributed by atoms with Crippen LogP contribution in [0.3, 0.4) is 0 Å². The molecule has 1 nitrogen and oxygen atoms in total. The van der Waals surface area contributed by atoms with Gasteiger partial charge >= 0.3 is 0 Å². The SMILES string of the molecule is CCCCC1CCC(c2cccc(O)c2C)CC1. The third-order valence-corrected chi connectivity index (χ3v) is 4.60. The van der Waals surface area contributed by atoms with Gasteiger partial charge in [0.25, 0.3) is 0 Å². The molecule has 1 heteroatoms. The van der Waals surface area contributed by atoms with Crippen LogP contribution in [0, 0.1) is 12.8 Å². The molecule has 0 spiro atoms. The first-order valence-corrected chi connectivity index (χ1v) is 7.50. The van der Waals surface area contributed by atoms with Crippen molar-refractivity contribution in [3.63, 3.8) is 0 Å². The van der Waals surface area contributed by atoms with Crippen molar-refractivity contribution in [1.29, 1.82) is 0 Å². The molecule has 0 saturated heterocycles. The largest absolute Gasteiger partial charge is 0.508 e. The Labute approximate surface area is 111 Å². The van der Waals surface area contributed by atoms with E-state index in [1.165, 1.54) is 50.5 Å². The fourth-order valence-electron chi connectivity index (χ4n) is 3.34. The lowest BCUT2D eigenvalue weighted by Crippen LogP contribution is -2.14. The van der Waals surface area contributed by atoms with Crippen LogP contribution in [0.4, 0.5) is 0 Å². The molecule has 1 saturated carbocycles. The number of aromatic hydroxyl groups is 1. The lowest BCUT2D eigenvalue weighted by molar-refractivity contribution is 0.303. The quantitative estimate of drug-likeness (QED) is 0.777. The fourth-order valence-corrected chi connectivity index (χ4v) is 3.34. The Hall–Kier alpha value is -0.980. The highest BCUT2D eigenvalue weighted by Crippen LogP contribution is 2.40. The first-order valence-electron chi connectivity index (χ1n) is 7.50. The molecule has 18 heavy (non-hydrogen) atoms. The third kappa shape index (κ3) is 3.07. The fraction of sp³-hybridized carbons (Fsp3) is 0.647. The lowest BCUT2D eigenvalue weighted by atomic mass is 9.76. The van der Waals surface area contributed by atoms with Crippen molar-refractivity contribution in [2.45, 2.75) is 64.7 Å². The predicted octanol–water partition coefficient (Wildman–Crippen LogP) is 5.16. The van der Waals surface area contributed by atoms with E-state index in [1.807, 2.05) is 13.0 Å². The van der Waals surface area contributed by atoms with Crippen molar-refractivity contribution in [2.75, 3.05) is 0 Å². The molecule has 0 bridgehead atoms. The van der Waals surface area contributed by atoms with Gasteiger partial charge in [0.2, 0.25) is 0 Å². The van der Waals surface area contributed by atoms with Crippen molar-refractivity contribution < 1.29 is 5.11 Å². The van der Waals surface area contributed by atoms with Crippen LogP contribution in [0.1, 0.15) is 68.9 Å². The van der Waals surface area contributed by atoms with E-state index in [-0.39, 0.29) is 0 Å². The van der Waals surface area contributed by atoms with Gasteiger partial charge in [-0.15, -0.1) is 0 Å². The highest BCUT2D eigenvalue weighted by Gasteiger charge is 2.23. The molecule has 1 aliphatic carbocycles.